The molecule has 23 heavy (non-hydrogen) atoms. The van der Waals surface area contributed by atoms with E-state index < -0.39 is 0 Å². The second kappa shape index (κ2) is 7.75. The van der Waals surface area contributed by atoms with E-state index in [1.807, 2.05) is 38.1 Å². The van der Waals surface area contributed by atoms with Crippen molar-refractivity contribution in [2.75, 3.05) is 18.4 Å². The minimum Gasteiger partial charge on any atom is -0.316 e. The minimum absolute atomic E-state index is 0. The zero-order valence-electron chi connectivity index (χ0n) is 12.9. The summed E-state index contributed by atoms with van der Waals surface area (Å²) < 4.78 is 1.04. The van der Waals surface area contributed by atoms with Gasteiger partial charge in [0.2, 0.25) is 5.91 Å². The molecule has 2 aromatic rings. The van der Waals surface area contributed by atoms with Crippen LogP contribution in [0, 0.1) is 18.8 Å². The lowest BCUT2D eigenvalue weighted by atomic mass is 9.88. The summed E-state index contributed by atoms with van der Waals surface area (Å²) in [5.41, 5.74) is 2.00. The molecule has 124 valence electrons. The summed E-state index contributed by atoms with van der Waals surface area (Å²) in [7, 11) is 0. The summed E-state index contributed by atoms with van der Waals surface area (Å²) in [6.45, 7) is 5.87. The number of thiazole rings is 1. The van der Waals surface area contributed by atoms with Crippen molar-refractivity contribution in [2.24, 2.45) is 11.8 Å². The molecule has 1 aromatic heterocycles. The monoisotopic (exact) mass is 415 g/mol. The fourth-order valence-corrected chi connectivity index (χ4v) is 3.53. The van der Waals surface area contributed by atoms with E-state index in [1.165, 1.54) is 11.3 Å². The second-order valence-corrected chi connectivity index (χ2v) is 7.75. The van der Waals surface area contributed by atoms with Gasteiger partial charge in [-0.15, -0.1) is 23.7 Å². The van der Waals surface area contributed by atoms with E-state index in [0.717, 1.165) is 33.7 Å². The van der Waals surface area contributed by atoms with Gasteiger partial charge in [0.05, 0.1) is 5.69 Å². The number of nitrogens with one attached hydrogen (secondary N) is 2. The van der Waals surface area contributed by atoms with Crippen LogP contribution in [0.3, 0.4) is 0 Å². The third-order valence-electron chi connectivity index (χ3n) is 4.08. The maximum atomic E-state index is 12.3. The fraction of sp³-hybridized carbons (Fsp3) is 0.375. The first kappa shape index (κ1) is 18.4. The Morgan fingerprint density at radius 3 is 2.61 bits per heavy atom. The minimum atomic E-state index is 0. The highest BCUT2D eigenvalue weighted by Gasteiger charge is 2.29. The summed E-state index contributed by atoms with van der Waals surface area (Å²) in [5.74, 6) is 0.510. The number of hydrogen-bond donors (Lipinski definition) is 2. The van der Waals surface area contributed by atoms with E-state index in [1.54, 1.807) is 0 Å². The van der Waals surface area contributed by atoms with E-state index in [2.05, 4.69) is 31.5 Å². The van der Waals surface area contributed by atoms with Gasteiger partial charge in [0.25, 0.3) is 0 Å². The summed E-state index contributed by atoms with van der Waals surface area (Å²) in [6.07, 6.45) is 0. The maximum absolute atomic E-state index is 12.3. The van der Waals surface area contributed by atoms with Gasteiger partial charge < -0.3 is 10.6 Å². The molecule has 1 amide bonds. The van der Waals surface area contributed by atoms with Crippen molar-refractivity contribution in [1.29, 1.82) is 0 Å². The van der Waals surface area contributed by atoms with Crippen molar-refractivity contribution in [1.82, 2.24) is 10.3 Å². The molecule has 0 radical (unpaired) electrons. The normalized spacial score (nSPS) is 15.4. The summed E-state index contributed by atoms with van der Waals surface area (Å²) in [6, 6.07) is 8.05. The molecule has 1 aliphatic heterocycles. The number of benzene rings is 1. The van der Waals surface area contributed by atoms with Gasteiger partial charge in [0.15, 0.2) is 5.13 Å². The Morgan fingerprint density at radius 2 is 2.04 bits per heavy atom. The first-order valence-electron chi connectivity index (χ1n) is 7.29. The number of anilines is 1. The Kier molecular flexibility index (Phi) is 6.19. The van der Waals surface area contributed by atoms with Gasteiger partial charge in [-0.3, -0.25) is 4.79 Å². The predicted molar refractivity (Wildman–Crippen MR) is 101 cm³/mol. The molecular formula is C16H19BrClN3OS. The largest absolute Gasteiger partial charge is 0.316 e. The van der Waals surface area contributed by atoms with Crippen LogP contribution in [0.25, 0.3) is 11.3 Å². The number of aromatic nitrogens is 1. The Morgan fingerprint density at radius 1 is 1.39 bits per heavy atom. The summed E-state index contributed by atoms with van der Waals surface area (Å²) in [5, 5.41) is 6.85. The lowest BCUT2D eigenvalue weighted by molar-refractivity contribution is -0.121. The van der Waals surface area contributed by atoms with Gasteiger partial charge >= 0.3 is 0 Å². The number of carbonyl (C=O) groups excluding carboxylic acids is 1. The zero-order valence-corrected chi connectivity index (χ0v) is 16.1. The number of hydrogen-bond acceptors (Lipinski definition) is 4. The molecule has 1 atom stereocenters. The molecule has 0 spiro atoms. The van der Waals surface area contributed by atoms with Gasteiger partial charge in [-0.05, 0) is 38.1 Å². The lowest BCUT2D eigenvalue weighted by Crippen LogP contribution is -2.48. The zero-order chi connectivity index (χ0) is 15.7. The van der Waals surface area contributed by atoms with Crippen LogP contribution < -0.4 is 10.6 Å². The molecule has 7 heteroatoms. The van der Waals surface area contributed by atoms with Crippen molar-refractivity contribution in [2.45, 2.75) is 13.8 Å². The van der Waals surface area contributed by atoms with E-state index in [-0.39, 0.29) is 24.2 Å². The molecule has 3 rings (SSSR count). The van der Waals surface area contributed by atoms with E-state index in [0.29, 0.717) is 11.0 Å². The standard InChI is InChI=1S/C16H18BrN3OS.ClH/c1-9(12-7-18-8-12)15(21)20-16-19-14(10(2)22-16)11-3-5-13(17)6-4-11;/h3-6,9,12,18H,7-8H2,1-2H3,(H,19,20,21);1H. The highest BCUT2D eigenvalue weighted by molar-refractivity contribution is 9.10. The average molecular weight is 417 g/mol. The Labute approximate surface area is 154 Å². The molecule has 1 fully saturated rings. The highest BCUT2D eigenvalue weighted by atomic mass is 79.9. The average Bonchev–Trinajstić information content (AvgIpc) is 2.78. The quantitative estimate of drug-likeness (QED) is 0.789. The van der Waals surface area contributed by atoms with Crippen LogP contribution in [0.15, 0.2) is 28.7 Å². The van der Waals surface area contributed by atoms with Gasteiger partial charge in [-0.1, -0.05) is 35.0 Å². The number of amides is 1. The fourth-order valence-electron chi connectivity index (χ4n) is 2.42. The number of rotatable bonds is 4. The number of carbonyl (C=O) groups is 1. The molecule has 1 aromatic carbocycles. The third-order valence-corrected chi connectivity index (χ3v) is 5.49. The SMILES string of the molecule is Cc1sc(NC(=O)C(C)C2CNC2)nc1-c1ccc(Br)cc1.Cl. The number of halogens is 2. The number of nitrogens with zero attached hydrogens (tertiary/aromatic N) is 1. The van der Waals surface area contributed by atoms with Crippen molar-refractivity contribution in [3.05, 3.63) is 33.6 Å². The van der Waals surface area contributed by atoms with Gasteiger partial charge in [-0.25, -0.2) is 4.98 Å². The highest BCUT2D eigenvalue weighted by Crippen LogP contribution is 2.31. The molecule has 0 bridgehead atoms. The summed E-state index contributed by atoms with van der Waals surface area (Å²) >= 11 is 4.96. The summed E-state index contributed by atoms with van der Waals surface area (Å²) in [4.78, 5) is 18.0. The Balaban J connectivity index is 0.00000192. The topological polar surface area (TPSA) is 54.0 Å². The van der Waals surface area contributed by atoms with Crippen molar-refractivity contribution >= 4 is 50.7 Å². The molecule has 1 unspecified atom stereocenters. The molecule has 4 nitrogen and oxygen atoms in total. The van der Waals surface area contributed by atoms with Crippen molar-refractivity contribution in [3.63, 3.8) is 0 Å². The van der Waals surface area contributed by atoms with Crippen LogP contribution in [0.2, 0.25) is 0 Å². The second-order valence-electron chi connectivity index (χ2n) is 5.63. The molecule has 2 N–H and O–H groups in total. The molecule has 1 saturated heterocycles. The van der Waals surface area contributed by atoms with E-state index in [9.17, 15) is 4.79 Å². The Hall–Kier alpha value is -0.950. The van der Waals surface area contributed by atoms with Crippen LogP contribution in [-0.4, -0.2) is 24.0 Å². The maximum Gasteiger partial charge on any atom is 0.229 e. The molecule has 1 aliphatic rings. The smallest absolute Gasteiger partial charge is 0.229 e. The molecular weight excluding hydrogens is 398 g/mol. The first-order valence-corrected chi connectivity index (χ1v) is 8.90. The van der Waals surface area contributed by atoms with Crippen LogP contribution >= 0.6 is 39.7 Å². The molecule has 2 heterocycles. The van der Waals surface area contributed by atoms with Crippen LogP contribution in [0.5, 0.6) is 0 Å². The van der Waals surface area contributed by atoms with Crippen LogP contribution in [0.4, 0.5) is 5.13 Å². The van der Waals surface area contributed by atoms with Gasteiger partial charge in [-0.2, -0.15) is 0 Å². The lowest BCUT2D eigenvalue weighted by Gasteiger charge is -2.31. The van der Waals surface area contributed by atoms with E-state index in [4.69, 9.17) is 0 Å². The predicted octanol–water partition coefficient (Wildman–Crippen LogP) is 4.10. The molecule has 0 aliphatic carbocycles. The van der Waals surface area contributed by atoms with Crippen molar-refractivity contribution in [3.8, 4) is 11.3 Å². The van der Waals surface area contributed by atoms with Crippen LogP contribution in [-0.2, 0) is 4.79 Å². The Bertz CT molecular complexity index is 685. The first-order chi connectivity index (χ1) is 10.5. The molecule has 0 saturated carbocycles. The van der Waals surface area contributed by atoms with Crippen molar-refractivity contribution < 1.29 is 4.79 Å². The number of aryl methyl sites for hydroxylation is 1. The third kappa shape index (κ3) is 4.12. The van der Waals surface area contributed by atoms with Crippen LogP contribution in [0.1, 0.15) is 11.8 Å². The van der Waals surface area contributed by atoms with Gasteiger partial charge in [0, 0.05) is 20.8 Å². The van der Waals surface area contributed by atoms with E-state index >= 15 is 0 Å². The van der Waals surface area contributed by atoms with Gasteiger partial charge in [0.1, 0.15) is 0 Å².